The number of guanidine groups is 1. The molecular formula is C17H32IN5O. The molecule has 0 unspecified atom stereocenters. The van der Waals surface area contributed by atoms with E-state index in [9.17, 15) is 0 Å². The van der Waals surface area contributed by atoms with Crippen LogP contribution in [-0.4, -0.2) is 61.0 Å². The highest BCUT2D eigenvalue weighted by Crippen LogP contribution is 2.28. The molecule has 0 aliphatic heterocycles. The smallest absolute Gasteiger partial charge is 0.193 e. The summed E-state index contributed by atoms with van der Waals surface area (Å²) in [4.78, 5) is 6.87. The molecule has 1 fully saturated rings. The number of aromatic amines is 1. The topological polar surface area (TPSA) is 65.5 Å². The van der Waals surface area contributed by atoms with Gasteiger partial charge in [-0.25, -0.2) is 0 Å². The zero-order valence-electron chi connectivity index (χ0n) is 15.2. The molecule has 6 nitrogen and oxygen atoms in total. The van der Waals surface area contributed by atoms with Crippen molar-refractivity contribution in [1.82, 2.24) is 20.4 Å². The lowest BCUT2D eigenvalue weighted by atomic mass is 10.1. The fourth-order valence-corrected chi connectivity index (χ4v) is 2.39. The number of aromatic nitrogens is 2. The fraction of sp³-hybridized carbons (Fsp3) is 0.765. The van der Waals surface area contributed by atoms with Crippen molar-refractivity contribution in [2.75, 3.05) is 39.9 Å². The summed E-state index contributed by atoms with van der Waals surface area (Å²) in [6.07, 6.45) is 6.64. The van der Waals surface area contributed by atoms with Gasteiger partial charge in [-0.15, -0.1) is 24.0 Å². The minimum Gasteiger partial charge on any atom is -0.379 e. The maximum atomic E-state index is 5.71. The van der Waals surface area contributed by atoms with Crippen molar-refractivity contribution >= 4 is 29.9 Å². The van der Waals surface area contributed by atoms with Crippen LogP contribution in [0.15, 0.2) is 11.2 Å². The molecule has 0 spiro atoms. The van der Waals surface area contributed by atoms with Gasteiger partial charge in [-0.1, -0.05) is 0 Å². The Labute approximate surface area is 162 Å². The minimum absolute atomic E-state index is 0. The van der Waals surface area contributed by atoms with E-state index in [-0.39, 0.29) is 24.0 Å². The molecule has 0 radical (unpaired) electrons. The lowest BCUT2D eigenvalue weighted by Crippen LogP contribution is -2.40. The molecule has 138 valence electrons. The van der Waals surface area contributed by atoms with Crippen molar-refractivity contribution in [1.29, 1.82) is 0 Å². The van der Waals surface area contributed by atoms with Gasteiger partial charge in [0.15, 0.2) is 5.96 Å². The molecule has 0 atom stereocenters. The van der Waals surface area contributed by atoms with Gasteiger partial charge in [-0.2, -0.15) is 5.10 Å². The summed E-state index contributed by atoms with van der Waals surface area (Å²) in [5, 5.41) is 10.4. The third-order valence-electron chi connectivity index (χ3n) is 4.12. The third-order valence-corrected chi connectivity index (χ3v) is 4.12. The number of hydrogen-bond donors (Lipinski definition) is 2. The Morgan fingerprint density at radius 1 is 1.50 bits per heavy atom. The monoisotopic (exact) mass is 449 g/mol. The first kappa shape index (κ1) is 21.2. The van der Waals surface area contributed by atoms with Gasteiger partial charge in [0.2, 0.25) is 0 Å². The Kier molecular flexibility index (Phi) is 10.3. The van der Waals surface area contributed by atoms with E-state index in [4.69, 9.17) is 9.73 Å². The molecule has 0 aromatic carbocycles. The molecule has 1 aliphatic carbocycles. The minimum atomic E-state index is 0. The highest BCUT2D eigenvalue weighted by molar-refractivity contribution is 14.0. The Morgan fingerprint density at radius 3 is 2.92 bits per heavy atom. The number of aliphatic imine (C=N–C) groups is 1. The molecule has 24 heavy (non-hydrogen) atoms. The molecule has 1 saturated carbocycles. The zero-order valence-corrected chi connectivity index (χ0v) is 17.5. The van der Waals surface area contributed by atoms with Crippen LogP contribution in [0.3, 0.4) is 0 Å². The van der Waals surface area contributed by atoms with Crippen LogP contribution < -0.4 is 5.32 Å². The molecule has 1 aromatic rings. The molecule has 1 heterocycles. The number of aryl methyl sites for hydroxylation is 2. The van der Waals surface area contributed by atoms with Crippen molar-refractivity contribution in [2.24, 2.45) is 10.9 Å². The second-order valence-corrected chi connectivity index (χ2v) is 6.30. The van der Waals surface area contributed by atoms with Crippen LogP contribution in [-0.2, 0) is 11.2 Å². The van der Waals surface area contributed by atoms with Crippen molar-refractivity contribution in [3.8, 4) is 0 Å². The van der Waals surface area contributed by atoms with Gasteiger partial charge in [0.1, 0.15) is 0 Å². The molecule has 1 aromatic heterocycles. The SMILES string of the molecule is CCNC(=NCCCc1cn[nH]c1C)N(C)CCOCC1CC1.I. The maximum Gasteiger partial charge on any atom is 0.193 e. The highest BCUT2D eigenvalue weighted by atomic mass is 127. The molecule has 2 N–H and O–H groups in total. The number of hydrogen-bond acceptors (Lipinski definition) is 3. The van der Waals surface area contributed by atoms with E-state index in [1.165, 1.54) is 18.4 Å². The second-order valence-electron chi connectivity index (χ2n) is 6.30. The first-order valence-corrected chi connectivity index (χ1v) is 8.76. The summed E-state index contributed by atoms with van der Waals surface area (Å²) in [7, 11) is 2.07. The first-order chi connectivity index (χ1) is 11.2. The van der Waals surface area contributed by atoms with Gasteiger partial charge in [0.05, 0.1) is 12.8 Å². The predicted molar refractivity (Wildman–Crippen MR) is 109 cm³/mol. The standard InChI is InChI=1S/C17H31N5O.HI/c1-4-18-17(22(3)10-11-23-13-15-7-8-15)19-9-5-6-16-12-20-21-14(16)2;/h12,15H,4-11,13H2,1-3H3,(H,18,19)(H,20,21);1H. The molecule has 1 aliphatic rings. The summed E-state index contributed by atoms with van der Waals surface area (Å²) in [5.41, 5.74) is 2.44. The van der Waals surface area contributed by atoms with E-state index in [2.05, 4.69) is 41.3 Å². The molecule has 0 amide bonds. The zero-order chi connectivity index (χ0) is 16.5. The lowest BCUT2D eigenvalue weighted by Gasteiger charge is -2.22. The van der Waals surface area contributed by atoms with Gasteiger partial charge in [0, 0.05) is 39.0 Å². The van der Waals surface area contributed by atoms with E-state index in [0.717, 1.165) is 63.3 Å². The van der Waals surface area contributed by atoms with Gasteiger partial charge in [0.25, 0.3) is 0 Å². The van der Waals surface area contributed by atoms with Crippen molar-refractivity contribution < 1.29 is 4.74 Å². The first-order valence-electron chi connectivity index (χ1n) is 8.76. The quantitative estimate of drug-likeness (QED) is 0.250. The van der Waals surface area contributed by atoms with E-state index in [1.54, 1.807) is 0 Å². The normalized spacial score (nSPS) is 14.4. The van der Waals surface area contributed by atoms with Crippen molar-refractivity contribution in [3.05, 3.63) is 17.5 Å². The summed E-state index contributed by atoms with van der Waals surface area (Å²) in [6.45, 7) is 8.43. The number of H-pyrrole nitrogens is 1. The average molecular weight is 449 g/mol. The summed E-state index contributed by atoms with van der Waals surface area (Å²) in [5.74, 6) is 1.79. The Hall–Kier alpha value is -0.830. The van der Waals surface area contributed by atoms with Gasteiger partial charge < -0.3 is 15.0 Å². The van der Waals surface area contributed by atoms with Crippen LogP contribution in [0, 0.1) is 12.8 Å². The van der Waals surface area contributed by atoms with Gasteiger partial charge in [-0.3, -0.25) is 10.1 Å². The predicted octanol–water partition coefficient (Wildman–Crippen LogP) is 2.59. The van der Waals surface area contributed by atoms with Crippen LogP contribution in [0.25, 0.3) is 0 Å². The largest absolute Gasteiger partial charge is 0.379 e. The van der Waals surface area contributed by atoms with Gasteiger partial charge in [-0.05, 0) is 51.0 Å². The number of nitrogens with one attached hydrogen (secondary N) is 2. The average Bonchev–Trinajstić information content (AvgIpc) is 3.28. The number of likely N-dealkylation sites (N-methyl/N-ethyl adjacent to an activating group) is 1. The van der Waals surface area contributed by atoms with Crippen LogP contribution in [0.1, 0.15) is 37.4 Å². The van der Waals surface area contributed by atoms with Gasteiger partial charge >= 0.3 is 0 Å². The molecular weight excluding hydrogens is 417 g/mol. The van der Waals surface area contributed by atoms with Crippen molar-refractivity contribution in [3.63, 3.8) is 0 Å². The number of nitrogens with zero attached hydrogens (tertiary/aromatic N) is 3. The molecule has 7 heteroatoms. The fourth-order valence-electron chi connectivity index (χ4n) is 2.39. The molecule has 0 bridgehead atoms. The van der Waals surface area contributed by atoms with Crippen LogP contribution in [0.5, 0.6) is 0 Å². The Balaban J connectivity index is 0.00000288. The highest BCUT2D eigenvalue weighted by Gasteiger charge is 2.21. The van der Waals surface area contributed by atoms with E-state index in [1.807, 2.05) is 6.20 Å². The summed E-state index contributed by atoms with van der Waals surface area (Å²) < 4.78 is 5.71. The lowest BCUT2D eigenvalue weighted by molar-refractivity contribution is 0.115. The number of rotatable bonds is 10. The molecule has 2 rings (SSSR count). The van der Waals surface area contributed by atoms with Crippen molar-refractivity contribution in [2.45, 2.75) is 39.5 Å². The third kappa shape index (κ3) is 7.83. The Bertz CT molecular complexity index is 487. The van der Waals surface area contributed by atoms with E-state index >= 15 is 0 Å². The molecule has 0 saturated heterocycles. The van der Waals surface area contributed by atoms with E-state index in [0.29, 0.717) is 0 Å². The second kappa shape index (κ2) is 11.7. The summed E-state index contributed by atoms with van der Waals surface area (Å²) in [6, 6.07) is 0. The van der Waals surface area contributed by atoms with Crippen LogP contribution in [0.4, 0.5) is 0 Å². The maximum absolute atomic E-state index is 5.71. The van der Waals surface area contributed by atoms with Crippen LogP contribution >= 0.6 is 24.0 Å². The number of ether oxygens (including phenoxy) is 1. The summed E-state index contributed by atoms with van der Waals surface area (Å²) >= 11 is 0. The van der Waals surface area contributed by atoms with E-state index < -0.39 is 0 Å². The Morgan fingerprint density at radius 2 is 2.29 bits per heavy atom. The van der Waals surface area contributed by atoms with Crippen LogP contribution in [0.2, 0.25) is 0 Å². The number of halogens is 1.